The van der Waals surface area contributed by atoms with Crippen molar-refractivity contribution in [1.82, 2.24) is 0 Å². The van der Waals surface area contributed by atoms with Crippen LogP contribution in [0.2, 0.25) is 5.02 Å². The summed E-state index contributed by atoms with van der Waals surface area (Å²) in [6.07, 6.45) is 2.40. The van der Waals surface area contributed by atoms with E-state index < -0.39 is 5.60 Å². The second-order valence-electron chi connectivity index (χ2n) is 7.44. The number of aliphatic hydroxyl groups is 1. The molecule has 3 N–H and O–H groups in total. The van der Waals surface area contributed by atoms with Gasteiger partial charge in [-0.15, -0.1) is 11.3 Å². The van der Waals surface area contributed by atoms with E-state index >= 15 is 0 Å². The van der Waals surface area contributed by atoms with Crippen LogP contribution in [0, 0.1) is 0 Å². The number of thiophene rings is 1. The smallest absolute Gasteiger partial charge is 0.0761 e. The second kappa shape index (κ2) is 8.97. The third-order valence-corrected chi connectivity index (χ3v) is 5.93. The molecule has 0 saturated carbocycles. The largest absolute Gasteiger partial charge is 0.390 e. The molecular formula is C24H25ClN2OS. The monoisotopic (exact) mass is 424 g/mol. The van der Waals surface area contributed by atoms with Gasteiger partial charge in [0.1, 0.15) is 0 Å². The van der Waals surface area contributed by atoms with Gasteiger partial charge in [-0.2, -0.15) is 0 Å². The highest BCUT2D eigenvalue weighted by Crippen LogP contribution is 2.36. The zero-order chi connectivity index (χ0) is 21.0. The third kappa shape index (κ3) is 5.37. The first-order valence-corrected chi connectivity index (χ1v) is 10.5. The van der Waals surface area contributed by atoms with Crippen molar-refractivity contribution in [1.29, 1.82) is 0 Å². The van der Waals surface area contributed by atoms with E-state index in [-0.39, 0.29) is 0 Å². The highest BCUT2D eigenvalue weighted by atomic mass is 35.5. The van der Waals surface area contributed by atoms with Gasteiger partial charge in [-0.1, -0.05) is 66.7 Å². The number of hydrogen-bond acceptors (Lipinski definition) is 4. The van der Waals surface area contributed by atoms with Gasteiger partial charge in [-0.25, -0.2) is 5.84 Å². The minimum Gasteiger partial charge on any atom is -0.390 e. The molecular weight excluding hydrogens is 400 g/mol. The fourth-order valence-electron chi connectivity index (χ4n) is 2.86. The predicted molar refractivity (Wildman–Crippen MR) is 126 cm³/mol. The number of hydrogen-bond donors (Lipinski definition) is 2. The molecule has 0 fully saturated rings. The first-order valence-electron chi connectivity index (χ1n) is 9.33. The van der Waals surface area contributed by atoms with E-state index in [1.165, 1.54) is 0 Å². The van der Waals surface area contributed by atoms with Crippen molar-refractivity contribution in [2.24, 2.45) is 5.84 Å². The molecule has 5 heteroatoms. The van der Waals surface area contributed by atoms with Gasteiger partial charge >= 0.3 is 0 Å². The van der Waals surface area contributed by atoms with Gasteiger partial charge in [0.05, 0.1) is 26.9 Å². The Balaban J connectivity index is 1.98. The van der Waals surface area contributed by atoms with E-state index in [2.05, 4.69) is 6.58 Å². The van der Waals surface area contributed by atoms with Crippen LogP contribution in [-0.2, 0) is 0 Å². The van der Waals surface area contributed by atoms with Crippen LogP contribution in [0.15, 0.2) is 79.4 Å². The van der Waals surface area contributed by atoms with E-state index in [0.717, 1.165) is 26.6 Å². The number of nitrogens with two attached hydrogens (primary N) is 1. The molecule has 0 aliphatic heterocycles. The normalized spacial score (nSPS) is 12.1. The Morgan fingerprint density at radius 1 is 1.07 bits per heavy atom. The Morgan fingerprint density at radius 3 is 2.34 bits per heavy atom. The summed E-state index contributed by atoms with van der Waals surface area (Å²) >= 11 is 7.98. The molecule has 0 spiro atoms. The highest BCUT2D eigenvalue weighted by Gasteiger charge is 2.18. The first-order chi connectivity index (χ1) is 13.8. The maximum atomic E-state index is 10.2. The molecule has 0 atom stereocenters. The minimum atomic E-state index is -0.847. The number of benzene rings is 2. The van der Waals surface area contributed by atoms with Gasteiger partial charge in [-0.05, 0) is 55.7 Å². The van der Waals surface area contributed by atoms with Crippen molar-refractivity contribution in [2.75, 3.05) is 5.01 Å². The van der Waals surface area contributed by atoms with E-state index in [0.29, 0.717) is 17.1 Å². The molecule has 3 rings (SSSR count). The van der Waals surface area contributed by atoms with Crippen LogP contribution in [0.25, 0.3) is 11.3 Å². The number of anilines is 1. The van der Waals surface area contributed by atoms with Crippen LogP contribution in [0.4, 0.5) is 5.69 Å². The SMILES string of the molecule is C=C(c1ccccc1)c1ccc(/C(=C/CC(C)(C)O)N(N)c2ccccc2Cl)s1. The average Bonchev–Trinajstić information content (AvgIpc) is 3.17. The molecule has 1 heterocycles. The quantitative estimate of drug-likeness (QED) is 0.343. The van der Waals surface area contributed by atoms with Crippen molar-refractivity contribution in [2.45, 2.75) is 25.9 Å². The molecule has 0 amide bonds. The summed E-state index contributed by atoms with van der Waals surface area (Å²) in [5.41, 5.74) is 2.69. The summed E-state index contributed by atoms with van der Waals surface area (Å²) in [4.78, 5) is 2.04. The van der Waals surface area contributed by atoms with E-state index in [9.17, 15) is 5.11 Å². The van der Waals surface area contributed by atoms with Gasteiger partial charge < -0.3 is 5.11 Å². The number of nitrogens with zero attached hydrogens (tertiary/aromatic N) is 1. The Labute approximate surface area is 181 Å². The molecule has 0 bridgehead atoms. The lowest BCUT2D eigenvalue weighted by molar-refractivity contribution is 0.0840. The molecule has 3 aromatic rings. The lowest BCUT2D eigenvalue weighted by Gasteiger charge is -2.24. The zero-order valence-corrected chi connectivity index (χ0v) is 18.2. The molecule has 3 nitrogen and oxygen atoms in total. The minimum absolute atomic E-state index is 0.452. The molecule has 0 radical (unpaired) electrons. The van der Waals surface area contributed by atoms with E-state index in [1.54, 1.807) is 36.3 Å². The maximum absolute atomic E-state index is 10.2. The number of para-hydroxylation sites is 1. The fourth-order valence-corrected chi connectivity index (χ4v) is 4.12. The third-order valence-electron chi connectivity index (χ3n) is 4.44. The van der Waals surface area contributed by atoms with Crippen LogP contribution in [-0.4, -0.2) is 10.7 Å². The summed E-state index contributed by atoms with van der Waals surface area (Å²) in [5, 5.41) is 12.4. The Hall–Kier alpha value is -2.37. The molecule has 29 heavy (non-hydrogen) atoms. The van der Waals surface area contributed by atoms with Gasteiger partial charge in [0.2, 0.25) is 0 Å². The Kier molecular flexibility index (Phi) is 6.60. The van der Waals surface area contributed by atoms with Crippen molar-refractivity contribution >= 4 is 39.9 Å². The van der Waals surface area contributed by atoms with Gasteiger partial charge in [0.25, 0.3) is 0 Å². The van der Waals surface area contributed by atoms with Gasteiger partial charge in [0.15, 0.2) is 0 Å². The topological polar surface area (TPSA) is 49.5 Å². The van der Waals surface area contributed by atoms with Gasteiger partial charge in [0, 0.05) is 4.88 Å². The summed E-state index contributed by atoms with van der Waals surface area (Å²) in [5.74, 6) is 6.48. The second-order valence-corrected chi connectivity index (χ2v) is 8.93. The predicted octanol–water partition coefficient (Wildman–Crippen LogP) is 6.35. The van der Waals surface area contributed by atoms with E-state index in [1.807, 2.05) is 66.7 Å². The highest BCUT2D eigenvalue weighted by molar-refractivity contribution is 7.14. The summed E-state index contributed by atoms with van der Waals surface area (Å²) in [6.45, 7) is 7.80. The van der Waals surface area contributed by atoms with Gasteiger partial charge in [-0.3, -0.25) is 5.01 Å². The standard InChI is InChI=1S/C24H25ClN2OS/c1-17(18-9-5-4-6-10-18)22-13-14-23(29-22)21(15-16-24(2,3)28)27(26)20-12-8-7-11-19(20)25/h4-15,28H,1,16,26H2,2-3H3/b21-15-. The number of hydrazine groups is 1. The van der Waals surface area contributed by atoms with Crippen LogP contribution < -0.4 is 10.9 Å². The molecule has 1 aromatic heterocycles. The van der Waals surface area contributed by atoms with Crippen molar-refractivity contribution in [3.05, 3.63) is 99.7 Å². The average molecular weight is 425 g/mol. The first kappa shape index (κ1) is 21.3. The van der Waals surface area contributed by atoms with Crippen LogP contribution in [0.1, 0.15) is 35.6 Å². The Morgan fingerprint density at radius 2 is 1.69 bits per heavy atom. The van der Waals surface area contributed by atoms with Crippen molar-refractivity contribution in [3.63, 3.8) is 0 Å². The lowest BCUT2D eigenvalue weighted by Crippen LogP contribution is -2.29. The number of rotatable bonds is 7. The molecule has 0 saturated heterocycles. The maximum Gasteiger partial charge on any atom is 0.0761 e. The molecule has 0 unspecified atom stereocenters. The van der Waals surface area contributed by atoms with Crippen molar-refractivity contribution in [3.8, 4) is 0 Å². The molecule has 0 aliphatic carbocycles. The number of halogens is 1. The lowest BCUT2D eigenvalue weighted by atomic mass is 10.0. The molecule has 0 aliphatic rings. The van der Waals surface area contributed by atoms with Crippen molar-refractivity contribution < 1.29 is 5.11 Å². The van der Waals surface area contributed by atoms with Crippen LogP contribution in [0.5, 0.6) is 0 Å². The Bertz CT molecular complexity index is 1020. The summed E-state index contributed by atoms with van der Waals surface area (Å²) in [7, 11) is 0. The fraction of sp³-hybridized carbons (Fsp3) is 0.167. The molecule has 150 valence electrons. The zero-order valence-electron chi connectivity index (χ0n) is 16.6. The summed E-state index contributed by atoms with van der Waals surface area (Å²) < 4.78 is 0. The van der Waals surface area contributed by atoms with E-state index in [4.69, 9.17) is 17.4 Å². The molecule has 2 aromatic carbocycles. The summed E-state index contributed by atoms with van der Waals surface area (Å²) in [6, 6.07) is 21.6. The van der Waals surface area contributed by atoms with Crippen LogP contribution in [0.3, 0.4) is 0 Å². The van der Waals surface area contributed by atoms with Crippen LogP contribution >= 0.6 is 22.9 Å².